The van der Waals surface area contributed by atoms with Crippen molar-refractivity contribution in [1.82, 2.24) is 0 Å². The first kappa shape index (κ1) is 14.5. The lowest BCUT2D eigenvalue weighted by Crippen LogP contribution is -2.07. The number of ether oxygens (including phenoxy) is 1. The van der Waals surface area contributed by atoms with Gasteiger partial charge in [0, 0.05) is 0 Å². The maximum absolute atomic E-state index is 12.4. The number of hydrogen-bond acceptors (Lipinski definition) is 2. The van der Waals surface area contributed by atoms with Crippen LogP contribution >= 0.6 is 0 Å². The maximum Gasteiger partial charge on any atom is 0.416 e. The quantitative estimate of drug-likeness (QED) is 0.802. The van der Waals surface area contributed by atoms with Crippen molar-refractivity contribution in [1.29, 1.82) is 0 Å². The molecule has 1 N–H and O–H groups in total. The molecule has 0 saturated heterocycles. The van der Waals surface area contributed by atoms with Crippen LogP contribution in [0.25, 0.3) is 0 Å². The van der Waals surface area contributed by atoms with E-state index in [1.807, 2.05) is 0 Å². The van der Waals surface area contributed by atoms with Gasteiger partial charge in [0.05, 0.1) is 25.2 Å². The number of carbonyl (C=O) groups is 1. The molecule has 0 fully saturated rings. The molecule has 0 amide bonds. The fourth-order valence-corrected chi connectivity index (χ4v) is 1.35. The molecule has 0 spiro atoms. The van der Waals surface area contributed by atoms with E-state index in [4.69, 9.17) is 9.84 Å². The van der Waals surface area contributed by atoms with Crippen LogP contribution in [-0.2, 0) is 22.1 Å². The lowest BCUT2D eigenvalue weighted by atomic mass is 10.1. The highest BCUT2D eigenvalue weighted by Crippen LogP contribution is 2.29. The summed E-state index contributed by atoms with van der Waals surface area (Å²) in [4.78, 5) is 10.2. The third-order valence-electron chi connectivity index (χ3n) is 2.25. The van der Waals surface area contributed by atoms with Gasteiger partial charge in [-0.15, -0.1) is 0 Å². The Morgan fingerprint density at radius 3 is 2.61 bits per heavy atom. The summed E-state index contributed by atoms with van der Waals surface area (Å²) in [5, 5.41) is 8.35. The molecule has 0 aromatic heterocycles. The van der Waals surface area contributed by atoms with E-state index in [9.17, 15) is 18.0 Å². The zero-order chi connectivity index (χ0) is 13.6. The molecule has 0 atom stereocenters. The normalized spacial score (nSPS) is 11.5. The molecule has 0 aliphatic rings. The van der Waals surface area contributed by atoms with E-state index in [1.54, 1.807) is 6.07 Å². The molecule has 1 aromatic carbocycles. The first-order valence-corrected chi connectivity index (χ1v) is 5.35. The largest absolute Gasteiger partial charge is 0.481 e. The molecule has 0 radical (unpaired) electrons. The van der Waals surface area contributed by atoms with Crippen LogP contribution in [0.15, 0.2) is 24.3 Å². The lowest BCUT2D eigenvalue weighted by molar-refractivity contribution is -0.139. The summed E-state index contributed by atoms with van der Waals surface area (Å²) in [5.41, 5.74) is -0.175. The van der Waals surface area contributed by atoms with Crippen molar-refractivity contribution in [2.24, 2.45) is 0 Å². The molecule has 0 aliphatic carbocycles. The molecule has 100 valence electrons. The zero-order valence-electron chi connectivity index (χ0n) is 9.54. The van der Waals surface area contributed by atoms with Gasteiger partial charge < -0.3 is 9.84 Å². The summed E-state index contributed by atoms with van der Waals surface area (Å²) in [5.74, 6) is -0.964. The Labute approximate surface area is 102 Å². The van der Waals surface area contributed by atoms with Gasteiger partial charge in [-0.1, -0.05) is 18.2 Å². The minimum Gasteiger partial charge on any atom is -0.481 e. The number of hydrogen-bond donors (Lipinski definition) is 1. The van der Waals surface area contributed by atoms with Crippen LogP contribution in [0, 0.1) is 0 Å². The first-order valence-electron chi connectivity index (χ1n) is 5.35. The Morgan fingerprint density at radius 2 is 2.00 bits per heavy atom. The number of halogens is 3. The number of alkyl halides is 3. The standard InChI is InChI=1S/C12H13F3O3/c13-12(14,15)10-3-1-2-9(8-10)4-6-18-7-5-11(16)17/h1-3,8H,4-7H2,(H,16,17). The van der Waals surface area contributed by atoms with Crippen LogP contribution in [0.1, 0.15) is 17.5 Å². The van der Waals surface area contributed by atoms with E-state index in [-0.39, 0.29) is 19.6 Å². The van der Waals surface area contributed by atoms with Gasteiger partial charge in [-0.05, 0) is 18.1 Å². The lowest BCUT2D eigenvalue weighted by Gasteiger charge is -2.08. The second-order valence-electron chi connectivity index (χ2n) is 3.70. The number of carboxylic acid groups (broad SMARTS) is 1. The number of aliphatic carboxylic acids is 1. The van der Waals surface area contributed by atoms with Crippen molar-refractivity contribution in [3.8, 4) is 0 Å². The van der Waals surface area contributed by atoms with E-state index < -0.39 is 17.7 Å². The molecular weight excluding hydrogens is 249 g/mol. The average molecular weight is 262 g/mol. The minimum atomic E-state index is -4.35. The molecular formula is C12H13F3O3. The predicted octanol–water partition coefficient (Wildman–Crippen LogP) is 2.74. The summed E-state index contributed by atoms with van der Waals surface area (Å²) in [6.45, 7) is 0.267. The summed E-state index contributed by atoms with van der Waals surface area (Å²) in [7, 11) is 0. The molecule has 1 rings (SSSR count). The van der Waals surface area contributed by atoms with Gasteiger partial charge in [-0.3, -0.25) is 4.79 Å². The number of benzene rings is 1. The van der Waals surface area contributed by atoms with Crippen molar-refractivity contribution in [2.75, 3.05) is 13.2 Å². The summed E-state index contributed by atoms with van der Waals surface area (Å²) >= 11 is 0. The van der Waals surface area contributed by atoms with Crippen LogP contribution in [-0.4, -0.2) is 24.3 Å². The minimum absolute atomic E-state index is 0.0638. The number of rotatable bonds is 6. The monoisotopic (exact) mass is 262 g/mol. The van der Waals surface area contributed by atoms with Gasteiger partial charge in [0.25, 0.3) is 0 Å². The molecule has 0 saturated carbocycles. The smallest absolute Gasteiger partial charge is 0.416 e. The highest BCUT2D eigenvalue weighted by atomic mass is 19.4. The molecule has 3 nitrogen and oxygen atoms in total. The van der Waals surface area contributed by atoms with Gasteiger partial charge in [0.15, 0.2) is 0 Å². The van der Waals surface area contributed by atoms with Crippen LogP contribution in [0.5, 0.6) is 0 Å². The second-order valence-corrected chi connectivity index (χ2v) is 3.70. The highest BCUT2D eigenvalue weighted by Gasteiger charge is 2.30. The highest BCUT2D eigenvalue weighted by molar-refractivity contribution is 5.66. The molecule has 18 heavy (non-hydrogen) atoms. The van der Waals surface area contributed by atoms with E-state index in [2.05, 4.69) is 0 Å². The summed E-state index contributed by atoms with van der Waals surface area (Å²) in [6.07, 6.45) is -4.13. The molecule has 1 aromatic rings. The van der Waals surface area contributed by atoms with Gasteiger partial charge in [0.2, 0.25) is 0 Å². The Balaban J connectivity index is 2.41. The van der Waals surface area contributed by atoms with Crippen LogP contribution in [0.3, 0.4) is 0 Å². The van der Waals surface area contributed by atoms with Crippen LogP contribution in [0.4, 0.5) is 13.2 Å². The SMILES string of the molecule is O=C(O)CCOCCc1cccc(C(F)(F)F)c1. The van der Waals surface area contributed by atoms with E-state index in [0.717, 1.165) is 12.1 Å². The molecule has 6 heteroatoms. The van der Waals surface area contributed by atoms with Crippen LogP contribution < -0.4 is 0 Å². The van der Waals surface area contributed by atoms with Gasteiger partial charge in [0.1, 0.15) is 0 Å². The summed E-state index contributed by atoms with van der Waals surface area (Å²) in [6, 6.07) is 5.00. The average Bonchev–Trinajstić information content (AvgIpc) is 2.27. The third kappa shape index (κ3) is 5.18. The molecule has 0 unspecified atom stereocenters. The Kier molecular flexibility index (Phi) is 5.15. The molecule has 0 heterocycles. The number of carboxylic acids is 1. The Morgan fingerprint density at radius 1 is 1.28 bits per heavy atom. The Bertz CT molecular complexity index is 402. The predicted molar refractivity (Wildman–Crippen MR) is 58.2 cm³/mol. The fraction of sp³-hybridized carbons (Fsp3) is 0.417. The fourth-order valence-electron chi connectivity index (χ4n) is 1.35. The summed E-state index contributed by atoms with van der Waals surface area (Å²) < 4.78 is 42.2. The van der Waals surface area contributed by atoms with Crippen molar-refractivity contribution < 1.29 is 27.8 Å². The van der Waals surface area contributed by atoms with E-state index >= 15 is 0 Å². The van der Waals surface area contributed by atoms with Crippen molar-refractivity contribution in [3.63, 3.8) is 0 Å². The van der Waals surface area contributed by atoms with Crippen molar-refractivity contribution >= 4 is 5.97 Å². The maximum atomic E-state index is 12.4. The third-order valence-corrected chi connectivity index (χ3v) is 2.25. The zero-order valence-corrected chi connectivity index (χ0v) is 9.54. The van der Waals surface area contributed by atoms with Crippen molar-refractivity contribution in [3.05, 3.63) is 35.4 Å². The van der Waals surface area contributed by atoms with Gasteiger partial charge in [-0.25, -0.2) is 0 Å². The second kappa shape index (κ2) is 6.39. The van der Waals surface area contributed by atoms with Gasteiger partial charge in [-0.2, -0.15) is 13.2 Å². The van der Waals surface area contributed by atoms with Crippen LogP contribution in [0.2, 0.25) is 0 Å². The van der Waals surface area contributed by atoms with E-state index in [0.29, 0.717) is 12.0 Å². The molecule has 0 bridgehead atoms. The first-order chi connectivity index (χ1) is 8.39. The van der Waals surface area contributed by atoms with Gasteiger partial charge >= 0.3 is 12.1 Å². The van der Waals surface area contributed by atoms with Crippen molar-refractivity contribution in [2.45, 2.75) is 19.0 Å². The topological polar surface area (TPSA) is 46.5 Å². The van der Waals surface area contributed by atoms with E-state index in [1.165, 1.54) is 6.07 Å². The molecule has 0 aliphatic heterocycles. The Hall–Kier alpha value is -1.56.